The number of halogens is 2. The molecule has 0 fully saturated rings. The van der Waals surface area contributed by atoms with Crippen molar-refractivity contribution in [2.75, 3.05) is 18.9 Å². The van der Waals surface area contributed by atoms with E-state index in [1.807, 2.05) is 0 Å². The van der Waals surface area contributed by atoms with E-state index < -0.39 is 23.7 Å². The maximum absolute atomic E-state index is 13.2. The van der Waals surface area contributed by atoms with E-state index in [1.54, 1.807) is 7.05 Å². The predicted octanol–water partition coefficient (Wildman–Crippen LogP) is 0.697. The van der Waals surface area contributed by atoms with Crippen LogP contribution in [0, 0.1) is 11.9 Å². The van der Waals surface area contributed by atoms with Crippen LogP contribution in [0.25, 0.3) is 0 Å². The number of amides is 2. The zero-order valence-electron chi connectivity index (χ0n) is 9.41. The topological polar surface area (TPSA) is 62.3 Å². The lowest BCUT2D eigenvalue weighted by Crippen LogP contribution is -2.27. The number of anilines is 1. The molecular weight excluding hydrogens is 244 g/mol. The number of carbonyl (C=O) groups excluding carboxylic acids is 2. The molecule has 94 valence electrons. The molecule has 0 unspecified atom stereocenters. The molecule has 0 atom stereocenters. The predicted molar refractivity (Wildman–Crippen MR) is 58.5 cm³/mol. The van der Waals surface area contributed by atoms with E-state index in [4.69, 9.17) is 0 Å². The van der Waals surface area contributed by atoms with Gasteiger partial charge < -0.3 is 10.2 Å². The first kappa shape index (κ1) is 12.2. The van der Waals surface area contributed by atoms with Gasteiger partial charge in [-0.3, -0.25) is 9.59 Å². The van der Waals surface area contributed by atoms with Gasteiger partial charge in [0.2, 0.25) is 11.9 Å². The molecule has 2 amide bonds. The van der Waals surface area contributed by atoms with E-state index in [-0.39, 0.29) is 11.3 Å². The Hall–Kier alpha value is -2.31. The van der Waals surface area contributed by atoms with Crippen molar-refractivity contribution in [1.82, 2.24) is 9.88 Å². The Morgan fingerprint density at radius 2 is 2.17 bits per heavy atom. The second-order valence-electron chi connectivity index (χ2n) is 3.73. The second kappa shape index (κ2) is 4.52. The van der Waals surface area contributed by atoms with Crippen molar-refractivity contribution < 1.29 is 18.4 Å². The summed E-state index contributed by atoms with van der Waals surface area (Å²) >= 11 is 0. The van der Waals surface area contributed by atoms with Crippen LogP contribution in [-0.4, -0.2) is 35.3 Å². The highest BCUT2D eigenvalue weighted by molar-refractivity contribution is 6.23. The first-order chi connectivity index (χ1) is 8.49. The van der Waals surface area contributed by atoms with Gasteiger partial charge in [-0.05, 0) is 18.2 Å². The van der Waals surface area contributed by atoms with Crippen molar-refractivity contribution in [3.63, 3.8) is 0 Å². The minimum absolute atomic E-state index is 0.0683. The van der Waals surface area contributed by atoms with Crippen molar-refractivity contribution in [2.24, 2.45) is 0 Å². The number of pyridine rings is 1. The molecule has 0 spiro atoms. The molecule has 7 heteroatoms. The van der Waals surface area contributed by atoms with Crippen LogP contribution in [0.15, 0.2) is 23.8 Å². The highest BCUT2D eigenvalue weighted by Crippen LogP contribution is 2.15. The number of rotatable bonds is 2. The van der Waals surface area contributed by atoms with Crippen LogP contribution in [0.1, 0.15) is 0 Å². The van der Waals surface area contributed by atoms with Crippen LogP contribution in [-0.2, 0) is 9.59 Å². The van der Waals surface area contributed by atoms with Crippen molar-refractivity contribution in [2.45, 2.75) is 0 Å². The van der Waals surface area contributed by atoms with Gasteiger partial charge in [-0.25, -0.2) is 0 Å². The largest absolute Gasteiger partial charge is 0.338 e. The van der Waals surface area contributed by atoms with Crippen LogP contribution >= 0.6 is 0 Å². The molecule has 0 bridgehead atoms. The molecule has 5 nitrogen and oxygen atoms in total. The van der Waals surface area contributed by atoms with E-state index in [0.717, 1.165) is 12.1 Å². The molecular formula is C11H9F2N3O2. The summed E-state index contributed by atoms with van der Waals surface area (Å²) in [6.45, 7) is 0.325. The van der Waals surface area contributed by atoms with Crippen molar-refractivity contribution >= 4 is 17.5 Å². The standard InChI is InChI=1S/C11H9F2N3O2/c1-16-5-4-6(11(16)18)10(17)14-7-2-3-8(12)15-9(7)13/h2-4H,5H2,1H3,(H,14,17). The molecule has 2 heterocycles. The van der Waals surface area contributed by atoms with Gasteiger partial charge >= 0.3 is 0 Å². The summed E-state index contributed by atoms with van der Waals surface area (Å²) in [5.41, 5.74) is -0.342. The number of hydrogen-bond acceptors (Lipinski definition) is 3. The van der Waals surface area contributed by atoms with E-state index in [9.17, 15) is 18.4 Å². The minimum atomic E-state index is -1.14. The van der Waals surface area contributed by atoms with Crippen LogP contribution in [0.5, 0.6) is 0 Å². The number of likely N-dealkylation sites (N-methyl/N-ethyl adjacent to an activating group) is 1. The van der Waals surface area contributed by atoms with Crippen molar-refractivity contribution in [3.05, 3.63) is 35.7 Å². The van der Waals surface area contributed by atoms with Gasteiger partial charge in [0.25, 0.3) is 11.8 Å². The van der Waals surface area contributed by atoms with E-state index in [2.05, 4.69) is 10.3 Å². The Balaban J connectivity index is 2.15. The zero-order chi connectivity index (χ0) is 13.3. The molecule has 0 aromatic carbocycles. The van der Waals surface area contributed by atoms with Gasteiger partial charge in [0.1, 0.15) is 5.57 Å². The summed E-state index contributed by atoms with van der Waals surface area (Å²) in [5, 5.41) is 2.17. The number of nitrogens with zero attached hydrogens (tertiary/aromatic N) is 2. The summed E-state index contributed by atoms with van der Waals surface area (Å²) in [6, 6.07) is 1.95. The molecule has 0 aliphatic carbocycles. The lowest BCUT2D eigenvalue weighted by molar-refractivity contribution is -0.126. The third kappa shape index (κ3) is 2.20. The molecule has 0 radical (unpaired) electrons. The van der Waals surface area contributed by atoms with Gasteiger partial charge in [-0.1, -0.05) is 0 Å². The smallest absolute Gasteiger partial charge is 0.261 e. The first-order valence-corrected chi connectivity index (χ1v) is 5.08. The van der Waals surface area contributed by atoms with Crippen LogP contribution in [0.3, 0.4) is 0 Å². The first-order valence-electron chi connectivity index (χ1n) is 5.08. The normalized spacial score (nSPS) is 14.7. The maximum atomic E-state index is 13.2. The molecule has 1 aromatic rings. The Morgan fingerprint density at radius 3 is 2.72 bits per heavy atom. The fourth-order valence-electron chi connectivity index (χ4n) is 1.49. The molecule has 18 heavy (non-hydrogen) atoms. The van der Waals surface area contributed by atoms with E-state index >= 15 is 0 Å². The summed E-state index contributed by atoms with van der Waals surface area (Å²) in [4.78, 5) is 27.5. The van der Waals surface area contributed by atoms with Crippen LogP contribution in [0.2, 0.25) is 0 Å². The fourth-order valence-corrected chi connectivity index (χ4v) is 1.49. The molecule has 2 rings (SSSR count). The van der Waals surface area contributed by atoms with Gasteiger partial charge in [-0.2, -0.15) is 13.8 Å². The van der Waals surface area contributed by atoms with Crippen LogP contribution < -0.4 is 5.32 Å². The van der Waals surface area contributed by atoms with Crippen molar-refractivity contribution in [3.8, 4) is 0 Å². The van der Waals surface area contributed by atoms with Crippen molar-refractivity contribution in [1.29, 1.82) is 0 Å². The van der Waals surface area contributed by atoms with Gasteiger partial charge in [0, 0.05) is 13.6 Å². The van der Waals surface area contributed by atoms with E-state index in [0.29, 0.717) is 6.54 Å². The number of aromatic nitrogens is 1. The number of carbonyl (C=O) groups is 2. The third-order valence-electron chi connectivity index (χ3n) is 2.45. The monoisotopic (exact) mass is 253 g/mol. The zero-order valence-corrected chi connectivity index (χ0v) is 9.41. The quantitative estimate of drug-likeness (QED) is 0.623. The SMILES string of the molecule is CN1CC=C(C(=O)Nc2ccc(F)nc2F)C1=O. The van der Waals surface area contributed by atoms with Gasteiger partial charge in [-0.15, -0.1) is 0 Å². The number of hydrogen-bond donors (Lipinski definition) is 1. The lowest BCUT2D eigenvalue weighted by Gasteiger charge is -2.09. The van der Waals surface area contributed by atoms with E-state index in [1.165, 1.54) is 11.0 Å². The summed E-state index contributed by atoms with van der Waals surface area (Å²) in [6.07, 6.45) is 1.44. The Morgan fingerprint density at radius 1 is 1.44 bits per heavy atom. The molecule has 1 N–H and O–H groups in total. The maximum Gasteiger partial charge on any atom is 0.261 e. The van der Waals surface area contributed by atoms with Gasteiger partial charge in [0.05, 0.1) is 5.69 Å². The average molecular weight is 253 g/mol. The Labute approximate surface area is 101 Å². The molecule has 0 saturated carbocycles. The van der Waals surface area contributed by atoms with Gasteiger partial charge in [0.15, 0.2) is 0 Å². The minimum Gasteiger partial charge on any atom is -0.338 e. The number of nitrogens with one attached hydrogen (secondary N) is 1. The summed E-state index contributed by atoms with van der Waals surface area (Å²) in [7, 11) is 1.54. The molecule has 0 saturated heterocycles. The molecule has 1 aliphatic rings. The molecule has 1 aromatic heterocycles. The summed E-state index contributed by atoms with van der Waals surface area (Å²) in [5.74, 6) is -3.30. The highest BCUT2D eigenvalue weighted by atomic mass is 19.1. The van der Waals surface area contributed by atoms with Crippen LogP contribution in [0.4, 0.5) is 14.5 Å². The lowest BCUT2D eigenvalue weighted by atomic mass is 10.2. The average Bonchev–Trinajstić information content (AvgIpc) is 2.64. The highest BCUT2D eigenvalue weighted by Gasteiger charge is 2.26. The second-order valence-corrected chi connectivity index (χ2v) is 3.73. The molecule has 1 aliphatic heterocycles. The third-order valence-corrected chi connectivity index (χ3v) is 2.45. The summed E-state index contributed by atoms with van der Waals surface area (Å²) < 4.78 is 25.8. The Kier molecular flexibility index (Phi) is 3.05. The fraction of sp³-hybridized carbons (Fsp3) is 0.182. The Bertz CT molecular complexity index is 557.